The lowest BCUT2D eigenvalue weighted by molar-refractivity contribution is -0.145. The van der Waals surface area contributed by atoms with E-state index in [0.29, 0.717) is 0 Å². The molecule has 0 aromatic heterocycles. The van der Waals surface area contributed by atoms with Crippen LogP contribution in [0.4, 0.5) is 8.78 Å². The Bertz CT molecular complexity index is 395. The van der Waals surface area contributed by atoms with Gasteiger partial charge in [-0.05, 0) is 13.0 Å². The highest BCUT2D eigenvalue weighted by atomic mass is 19.3. The number of hydrogen-bond donors (Lipinski definition) is 1. The van der Waals surface area contributed by atoms with Gasteiger partial charge in [-0.25, -0.2) is 0 Å². The SMILES string of the molecule is CCOC(=O)CC(O)c1ccccc1OC(F)F. The number of rotatable bonds is 6. The van der Waals surface area contributed by atoms with E-state index in [0.717, 1.165) is 0 Å². The molecule has 4 nitrogen and oxygen atoms in total. The van der Waals surface area contributed by atoms with Crippen molar-refractivity contribution in [2.45, 2.75) is 26.1 Å². The van der Waals surface area contributed by atoms with Crippen LogP contribution in [0.15, 0.2) is 24.3 Å². The maximum Gasteiger partial charge on any atom is 0.387 e. The van der Waals surface area contributed by atoms with E-state index < -0.39 is 18.7 Å². The number of alkyl halides is 2. The molecule has 0 saturated heterocycles. The Hall–Kier alpha value is -1.69. The number of halogens is 2. The molecule has 6 heteroatoms. The van der Waals surface area contributed by atoms with Crippen LogP contribution in [0.3, 0.4) is 0 Å². The molecule has 0 amide bonds. The highest BCUT2D eigenvalue weighted by Crippen LogP contribution is 2.28. The van der Waals surface area contributed by atoms with Crippen molar-refractivity contribution in [1.82, 2.24) is 0 Å². The molecule has 1 aromatic carbocycles. The first kappa shape index (κ1) is 14.4. The molecule has 1 aromatic rings. The van der Waals surface area contributed by atoms with E-state index in [1.807, 2.05) is 0 Å². The standard InChI is InChI=1S/C12H14F2O4/c1-2-17-11(16)7-9(15)8-5-3-4-6-10(8)18-12(13)14/h3-6,9,12,15H,2,7H2,1H3. The molecular formula is C12H14F2O4. The van der Waals surface area contributed by atoms with Gasteiger partial charge in [0, 0.05) is 5.56 Å². The van der Waals surface area contributed by atoms with Crippen LogP contribution in [-0.2, 0) is 9.53 Å². The van der Waals surface area contributed by atoms with Crippen LogP contribution in [0.2, 0.25) is 0 Å². The van der Waals surface area contributed by atoms with E-state index in [-0.39, 0.29) is 24.3 Å². The third-order valence-corrected chi connectivity index (χ3v) is 2.16. The molecule has 0 spiro atoms. The molecule has 0 bridgehead atoms. The van der Waals surface area contributed by atoms with Crippen molar-refractivity contribution >= 4 is 5.97 Å². The van der Waals surface area contributed by atoms with Gasteiger partial charge in [0.05, 0.1) is 19.1 Å². The normalized spacial score (nSPS) is 12.3. The zero-order valence-corrected chi connectivity index (χ0v) is 9.81. The summed E-state index contributed by atoms with van der Waals surface area (Å²) >= 11 is 0. The first-order chi connectivity index (χ1) is 8.54. The second-order valence-electron chi connectivity index (χ2n) is 3.44. The second-order valence-corrected chi connectivity index (χ2v) is 3.44. The first-order valence-electron chi connectivity index (χ1n) is 5.42. The maximum absolute atomic E-state index is 12.2. The Kier molecular flexibility index (Phi) is 5.51. The second kappa shape index (κ2) is 6.90. The molecule has 0 aliphatic heterocycles. The van der Waals surface area contributed by atoms with E-state index in [1.54, 1.807) is 13.0 Å². The molecule has 1 N–H and O–H groups in total. The minimum atomic E-state index is -2.99. The fourth-order valence-electron chi connectivity index (χ4n) is 1.45. The predicted molar refractivity (Wildman–Crippen MR) is 59.3 cm³/mol. The molecule has 1 unspecified atom stereocenters. The van der Waals surface area contributed by atoms with Crippen molar-refractivity contribution in [2.24, 2.45) is 0 Å². The quantitative estimate of drug-likeness (QED) is 0.797. The van der Waals surface area contributed by atoms with Gasteiger partial charge in [-0.15, -0.1) is 0 Å². The molecule has 0 heterocycles. The number of ether oxygens (including phenoxy) is 2. The largest absolute Gasteiger partial charge is 0.466 e. The van der Waals surface area contributed by atoms with Gasteiger partial charge in [0.1, 0.15) is 5.75 Å². The van der Waals surface area contributed by atoms with Crippen LogP contribution >= 0.6 is 0 Å². The van der Waals surface area contributed by atoms with Gasteiger partial charge in [0.25, 0.3) is 0 Å². The van der Waals surface area contributed by atoms with Crippen LogP contribution < -0.4 is 4.74 Å². The van der Waals surface area contributed by atoms with Gasteiger partial charge in [-0.1, -0.05) is 18.2 Å². The summed E-state index contributed by atoms with van der Waals surface area (Å²) in [5.74, 6) is -0.749. The van der Waals surface area contributed by atoms with Crippen LogP contribution in [0.1, 0.15) is 25.0 Å². The van der Waals surface area contributed by atoms with E-state index >= 15 is 0 Å². The fourth-order valence-corrected chi connectivity index (χ4v) is 1.45. The fraction of sp³-hybridized carbons (Fsp3) is 0.417. The number of aliphatic hydroxyl groups is 1. The average Bonchev–Trinajstić information content (AvgIpc) is 2.28. The molecule has 18 heavy (non-hydrogen) atoms. The first-order valence-corrected chi connectivity index (χ1v) is 5.42. The molecule has 0 saturated carbocycles. The van der Waals surface area contributed by atoms with E-state index in [1.165, 1.54) is 18.2 Å². The minimum absolute atomic E-state index is 0.130. The molecule has 0 fully saturated rings. The number of esters is 1. The molecule has 1 rings (SSSR count). The lowest BCUT2D eigenvalue weighted by atomic mass is 10.1. The predicted octanol–water partition coefficient (Wildman–Crippen LogP) is 2.27. The van der Waals surface area contributed by atoms with Gasteiger partial charge in [-0.3, -0.25) is 4.79 Å². The maximum atomic E-state index is 12.2. The molecule has 0 aliphatic rings. The van der Waals surface area contributed by atoms with Crippen molar-refractivity contribution in [3.8, 4) is 5.75 Å². The number of para-hydroxylation sites is 1. The van der Waals surface area contributed by atoms with Crippen molar-refractivity contribution in [2.75, 3.05) is 6.61 Å². The Labute approximate surface area is 103 Å². The highest BCUT2D eigenvalue weighted by molar-refractivity contribution is 5.70. The summed E-state index contributed by atoms with van der Waals surface area (Å²) in [6.45, 7) is -1.15. The molecule has 0 radical (unpaired) electrons. The van der Waals surface area contributed by atoms with E-state index in [2.05, 4.69) is 9.47 Å². The Balaban J connectivity index is 2.78. The number of carbonyl (C=O) groups is 1. The zero-order valence-electron chi connectivity index (χ0n) is 9.81. The smallest absolute Gasteiger partial charge is 0.387 e. The lowest BCUT2D eigenvalue weighted by Gasteiger charge is -2.15. The molecular weight excluding hydrogens is 246 g/mol. The highest BCUT2D eigenvalue weighted by Gasteiger charge is 2.19. The van der Waals surface area contributed by atoms with Crippen molar-refractivity contribution in [3.63, 3.8) is 0 Å². The summed E-state index contributed by atoms with van der Waals surface area (Å²) in [5, 5.41) is 9.79. The summed E-state index contributed by atoms with van der Waals surface area (Å²) < 4.78 is 33.2. The average molecular weight is 260 g/mol. The summed E-state index contributed by atoms with van der Waals surface area (Å²) in [5.41, 5.74) is 0.130. The Morgan fingerprint density at radius 1 is 1.39 bits per heavy atom. The lowest BCUT2D eigenvalue weighted by Crippen LogP contribution is -2.12. The molecule has 1 atom stereocenters. The van der Waals surface area contributed by atoms with Gasteiger partial charge in [-0.2, -0.15) is 8.78 Å². The van der Waals surface area contributed by atoms with Crippen LogP contribution in [0.25, 0.3) is 0 Å². The van der Waals surface area contributed by atoms with E-state index in [9.17, 15) is 18.7 Å². The third kappa shape index (κ3) is 4.29. The van der Waals surface area contributed by atoms with Crippen molar-refractivity contribution < 1.29 is 28.2 Å². The Morgan fingerprint density at radius 3 is 2.67 bits per heavy atom. The number of hydrogen-bond acceptors (Lipinski definition) is 4. The van der Waals surface area contributed by atoms with Crippen molar-refractivity contribution in [1.29, 1.82) is 0 Å². The van der Waals surface area contributed by atoms with E-state index in [4.69, 9.17) is 0 Å². The summed E-state index contributed by atoms with van der Waals surface area (Å²) in [4.78, 5) is 11.2. The molecule has 100 valence electrons. The monoisotopic (exact) mass is 260 g/mol. The van der Waals surface area contributed by atoms with Gasteiger partial charge in [0.15, 0.2) is 0 Å². The Morgan fingerprint density at radius 2 is 2.06 bits per heavy atom. The van der Waals surface area contributed by atoms with Crippen LogP contribution in [-0.4, -0.2) is 24.3 Å². The summed E-state index contributed by atoms with van der Waals surface area (Å²) in [6.07, 6.45) is -1.55. The van der Waals surface area contributed by atoms with Crippen LogP contribution in [0.5, 0.6) is 5.75 Å². The van der Waals surface area contributed by atoms with Crippen LogP contribution in [0, 0.1) is 0 Å². The summed E-state index contributed by atoms with van der Waals surface area (Å²) in [7, 11) is 0. The third-order valence-electron chi connectivity index (χ3n) is 2.16. The molecule has 0 aliphatic carbocycles. The number of carbonyl (C=O) groups excluding carboxylic acids is 1. The van der Waals surface area contributed by atoms with Gasteiger partial charge in [0.2, 0.25) is 0 Å². The summed E-state index contributed by atoms with van der Waals surface area (Å²) in [6, 6.07) is 5.78. The topological polar surface area (TPSA) is 55.8 Å². The minimum Gasteiger partial charge on any atom is -0.466 e. The number of aliphatic hydroxyl groups excluding tert-OH is 1. The van der Waals surface area contributed by atoms with Crippen molar-refractivity contribution in [3.05, 3.63) is 29.8 Å². The van der Waals surface area contributed by atoms with Gasteiger partial charge < -0.3 is 14.6 Å². The zero-order chi connectivity index (χ0) is 13.5. The van der Waals surface area contributed by atoms with Gasteiger partial charge >= 0.3 is 12.6 Å². The number of benzene rings is 1.